The highest BCUT2D eigenvalue weighted by Crippen LogP contribution is 2.40. The van der Waals surface area contributed by atoms with Gasteiger partial charge < -0.3 is 33.5 Å². The van der Waals surface area contributed by atoms with Crippen LogP contribution in [-0.2, 0) is 41.3 Å². The Hall–Kier alpha value is -5.61. The summed E-state index contributed by atoms with van der Waals surface area (Å²) in [7, 11) is 0. The fraction of sp³-hybridized carbons (Fsp3) is 0.400. The minimum atomic E-state index is -4.80. The number of imide groups is 1. The van der Waals surface area contributed by atoms with E-state index < -0.39 is 40.7 Å². The highest BCUT2D eigenvalue weighted by atomic mass is 32.1. The van der Waals surface area contributed by atoms with Gasteiger partial charge in [-0.1, -0.05) is 6.07 Å². The van der Waals surface area contributed by atoms with Crippen LogP contribution in [0, 0.1) is 11.3 Å². The molecule has 14 nitrogen and oxygen atoms in total. The number of carbonyl (C=O) groups excluding carboxylic acids is 4. The molecule has 2 fully saturated rings. The number of hydrogen-bond donors (Lipinski definition) is 1. The zero-order valence-corrected chi connectivity index (χ0v) is 32.5. The number of amides is 4. The summed E-state index contributed by atoms with van der Waals surface area (Å²) in [5.74, 6) is -0.536. The minimum Gasteiger partial charge on any atom is -0.491 e. The molecule has 4 amide bonds. The summed E-state index contributed by atoms with van der Waals surface area (Å²) in [5, 5.41) is 11.4. The second-order valence-corrected chi connectivity index (χ2v) is 14.2. The van der Waals surface area contributed by atoms with Crippen molar-refractivity contribution in [1.82, 2.24) is 10.2 Å². The third-order valence-electron chi connectivity index (χ3n) is 9.71. The molecule has 0 aromatic heterocycles. The number of nitrogens with one attached hydrogen (secondary N) is 1. The average molecular weight is 824 g/mol. The van der Waals surface area contributed by atoms with Gasteiger partial charge >= 0.3 is 6.18 Å². The summed E-state index contributed by atoms with van der Waals surface area (Å²) in [6.45, 7) is 5.86. The number of hydrogen-bond acceptors (Lipinski definition) is 11. The molecule has 6 rings (SSSR count). The van der Waals surface area contributed by atoms with E-state index in [0.29, 0.717) is 54.7 Å². The van der Waals surface area contributed by atoms with E-state index in [4.69, 9.17) is 41.2 Å². The number of rotatable bonds is 17. The van der Waals surface area contributed by atoms with Crippen molar-refractivity contribution in [2.75, 3.05) is 62.7 Å². The predicted molar refractivity (Wildman–Crippen MR) is 205 cm³/mol. The maximum Gasteiger partial charge on any atom is 0.417 e. The summed E-state index contributed by atoms with van der Waals surface area (Å²) < 4.78 is 69.3. The second kappa shape index (κ2) is 17.9. The number of carbonyl (C=O) groups is 4. The van der Waals surface area contributed by atoms with Crippen LogP contribution in [0.2, 0.25) is 0 Å². The van der Waals surface area contributed by atoms with Gasteiger partial charge in [0.05, 0.1) is 69.1 Å². The first kappa shape index (κ1) is 42.0. The molecule has 0 aliphatic carbocycles. The first-order chi connectivity index (χ1) is 27.7. The van der Waals surface area contributed by atoms with Crippen molar-refractivity contribution in [3.63, 3.8) is 0 Å². The van der Waals surface area contributed by atoms with Crippen molar-refractivity contribution in [1.29, 1.82) is 5.26 Å². The summed E-state index contributed by atoms with van der Waals surface area (Å²) in [5.41, 5.74) is -1.32. The molecule has 3 aromatic carbocycles. The highest BCUT2D eigenvalue weighted by Gasteiger charge is 2.51. The molecule has 0 saturated carbocycles. The van der Waals surface area contributed by atoms with E-state index in [9.17, 15) is 32.3 Å². The monoisotopic (exact) mass is 823 g/mol. The predicted octanol–water partition coefficient (Wildman–Crippen LogP) is 4.76. The third kappa shape index (κ3) is 9.07. The Morgan fingerprint density at radius 3 is 2.10 bits per heavy atom. The lowest BCUT2D eigenvalue weighted by Gasteiger charge is -2.29. The van der Waals surface area contributed by atoms with Gasteiger partial charge in [-0.05, 0) is 87.1 Å². The molecule has 0 spiro atoms. The van der Waals surface area contributed by atoms with E-state index in [0.717, 1.165) is 17.0 Å². The maximum atomic E-state index is 13.6. The number of piperidine rings is 1. The van der Waals surface area contributed by atoms with Crippen LogP contribution in [0.1, 0.15) is 53.7 Å². The van der Waals surface area contributed by atoms with Crippen LogP contribution in [-0.4, -0.2) is 98.1 Å². The van der Waals surface area contributed by atoms with Gasteiger partial charge in [-0.25, -0.2) is 0 Å². The minimum absolute atomic E-state index is 0.00834. The Labute approximate surface area is 337 Å². The lowest BCUT2D eigenvalue weighted by molar-refractivity contribution is -0.138. The number of halogens is 3. The van der Waals surface area contributed by atoms with Crippen molar-refractivity contribution in [2.45, 2.75) is 51.0 Å². The van der Waals surface area contributed by atoms with Crippen LogP contribution in [0.15, 0.2) is 60.7 Å². The lowest BCUT2D eigenvalue weighted by Crippen LogP contribution is -2.52. The Kier molecular flexibility index (Phi) is 13.0. The van der Waals surface area contributed by atoms with Gasteiger partial charge in [-0.3, -0.25) is 29.4 Å². The fourth-order valence-corrected chi connectivity index (χ4v) is 7.34. The molecule has 1 unspecified atom stereocenters. The molecule has 2 saturated heterocycles. The number of benzene rings is 3. The average Bonchev–Trinajstić information content (AvgIpc) is 3.61. The molecular formula is C40H40F3N5O9S. The smallest absolute Gasteiger partial charge is 0.417 e. The number of anilines is 2. The fourth-order valence-electron chi connectivity index (χ4n) is 6.81. The van der Waals surface area contributed by atoms with E-state index in [1.165, 1.54) is 17.0 Å². The second-order valence-electron chi connectivity index (χ2n) is 13.9. The first-order valence-corrected chi connectivity index (χ1v) is 18.8. The number of alkyl halides is 3. The van der Waals surface area contributed by atoms with Crippen molar-refractivity contribution < 1.29 is 56.0 Å². The Morgan fingerprint density at radius 1 is 0.862 bits per heavy atom. The summed E-state index contributed by atoms with van der Waals surface area (Å²) in [6.07, 6.45) is -4.33. The zero-order chi connectivity index (χ0) is 41.6. The van der Waals surface area contributed by atoms with E-state index in [2.05, 4.69) is 5.32 Å². The zero-order valence-electron chi connectivity index (χ0n) is 31.6. The first-order valence-electron chi connectivity index (χ1n) is 18.4. The molecule has 1 atom stereocenters. The molecule has 58 heavy (non-hydrogen) atoms. The van der Waals surface area contributed by atoms with E-state index in [1.807, 2.05) is 0 Å². The van der Waals surface area contributed by atoms with Crippen molar-refractivity contribution in [2.24, 2.45) is 0 Å². The number of fused-ring (bicyclic) bond motifs is 1. The highest BCUT2D eigenvalue weighted by molar-refractivity contribution is 7.81. The molecule has 3 aromatic rings. The quantitative estimate of drug-likeness (QED) is 0.113. The summed E-state index contributed by atoms with van der Waals surface area (Å²) in [4.78, 5) is 54.4. The SMILES string of the molecule is CC1(C)C(=O)N(c2ccc(C#N)c(C(F)(F)F)c2)C(=S)N1c1ccc(OCCOCCOCCOCCOc2cccc3c2CN(C2CCC(=O)NC2=O)C3=O)cc1. The van der Waals surface area contributed by atoms with Crippen molar-refractivity contribution in [3.8, 4) is 17.6 Å². The number of ether oxygens (including phenoxy) is 5. The number of thiocarbonyl (C=S) groups is 1. The molecule has 1 N–H and O–H groups in total. The lowest BCUT2D eigenvalue weighted by atomic mass is 10.0. The molecule has 306 valence electrons. The van der Waals surface area contributed by atoms with Gasteiger partial charge in [-0.15, -0.1) is 0 Å². The van der Waals surface area contributed by atoms with Crippen LogP contribution in [0.4, 0.5) is 24.5 Å². The topological polar surface area (TPSA) is 160 Å². The molecule has 0 radical (unpaired) electrons. The summed E-state index contributed by atoms with van der Waals surface area (Å²) >= 11 is 5.59. The van der Waals surface area contributed by atoms with Crippen LogP contribution >= 0.6 is 12.2 Å². The third-order valence-corrected chi connectivity index (χ3v) is 10.1. The van der Waals surface area contributed by atoms with Crippen LogP contribution < -0.4 is 24.6 Å². The standard InChI is InChI=1S/C40H40F3N5O9S/c1-39(2)37(52)47(27-7-6-25(23-44)31(22-27)40(41,42)43)38(58)48(39)26-8-10-28(11-9-26)56-20-18-54-16-14-53-15-17-55-19-21-57-33-5-3-4-29-30(33)24-46(36(29)51)32-12-13-34(49)45-35(32)50/h3-11,22,32H,12-21,24H2,1-2H3,(H,45,49,50). The van der Waals surface area contributed by atoms with E-state index >= 15 is 0 Å². The van der Waals surface area contributed by atoms with Gasteiger partial charge in [0.2, 0.25) is 11.8 Å². The molecule has 0 bridgehead atoms. The molecule has 3 heterocycles. The summed E-state index contributed by atoms with van der Waals surface area (Å²) in [6, 6.07) is 15.8. The van der Waals surface area contributed by atoms with Gasteiger partial charge in [-0.2, -0.15) is 18.4 Å². The Bertz CT molecular complexity index is 2110. The number of nitriles is 1. The Morgan fingerprint density at radius 2 is 1.48 bits per heavy atom. The Balaban J connectivity index is 0.850. The van der Waals surface area contributed by atoms with Gasteiger partial charge in [0.1, 0.15) is 36.3 Å². The largest absolute Gasteiger partial charge is 0.491 e. The number of nitrogens with zero attached hydrogens (tertiary/aromatic N) is 4. The van der Waals surface area contributed by atoms with Crippen LogP contribution in [0.5, 0.6) is 11.5 Å². The molecular weight excluding hydrogens is 784 g/mol. The maximum absolute atomic E-state index is 13.6. The van der Waals surface area contributed by atoms with Crippen LogP contribution in [0.25, 0.3) is 0 Å². The van der Waals surface area contributed by atoms with E-state index in [-0.39, 0.29) is 68.4 Å². The molecule has 18 heteroatoms. The molecule has 3 aliphatic rings. The van der Waals surface area contributed by atoms with Gasteiger partial charge in [0.15, 0.2) is 5.11 Å². The van der Waals surface area contributed by atoms with Crippen molar-refractivity contribution in [3.05, 3.63) is 82.9 Å². The van der Waals surface area contributed by atoms with E-state index in [1.54, 1.807) is 61.2 Å². The van der Waals surface area contributed by atoms with Gasteiger partial charge in [0.25, 0.3) is 11.8 Å². The van der Waals surface area contributed by atoms with Crippen molar-refractivity contribution >= 4 is 52.3 Å². The van der Waals surface area contributed by atoms with Gasteiger partial charge in [0, 0.05) is 23.2 Å². The molecule has 3 aliphatic heterocycles. The normalized spacial score (nSPS) is 17.8. The van der Waals surface area contributed by atoms with Crippen LogP contribution in [0.3, 0.4) is 0 Å².